The van der Waals surface area contributed by atoms with Crippen molar-refractivity contribution < 1.29 is 4.74 Å². The van der Waals surface area contributed by atoms with Crippen molar-refractivity contribution >= 4 is 23.2 Å². The largest absolute Gasteiger partial charge is 0.378 e. The molecule has 0 aliphatic carbocycles. The van der Waals surface area contributed by atoms with E-state index in [2.05, 4.69) is 0 Å². The molecule has 1 heterocycles. The van der Waals surface area contributed by atoms with Crippen LogP contribution in [0.1, 0.15) is 38.5 Å². The SMILES string of the molecule is ClC(Cl)CCCCCC1CCO1. The van der Waals surface area contributed by atoms with Crippen molar-refractivity contribution in [3.05, 3.63) is 0 Å². The van der Waals surface area contributed by atoms with E-state index < -0.39 is 0 Å². The van der Waals surface area contributed by atoms with Crippen LogP contribution in [0.2, 0.25) is 0 Å². The Kier molecular flexibility index (Phi) is 5.37. The Morgan fingerprint density at radius 2 is 2.00 bits per heavy atom. The van der Waals surface area contributed by atoms with Crippen LogP contribution in [-0.2, 0) is 4.74 Å². The first-order valence-electron chi connectivity index (χ1n) is 4.69. The van der Waals surface area contributed by atoms with Crippen molar-refractivity contribution in [1.29, 1.82) is 0 Å². The molecule has 72 valence electrons. The van der Waals surface area contributed by atoms with Gasteiger partial charge in [-0.25, -0.2) is 0 Å². The molecule has 0 saturated carbocycles. The zero-order valence-electron chi connectivity index (χ0n) is 7.27. The Balaban J connectivity index is 1.76. The molecule has 0 spiro atoms. The van der Waals surface area contributed by atoms with Gasteiger partial charge >= 0.3 is 0 Å². The second-order valence-corrected chi connectivity index (χ2v) is 4.59. The first-order valence-corrected chi connectivity index (χ1v) is 5.56. The van der Waals surface area contributed by atoms with E-state index in [1.807, 2.05) is 0 Å². The average Bonchev–Trinajstić information content (AvgIpc) is 1.92. The average molecular weight is 211 g/mol. The van der Waals surface area contributed by atoms with Crippen molar-refractivity contribution in [2.45, 2.75) is 49.5 Å². The van der Waals surface area contributed by atoms with Crippen LogP contribution in [0.15, 0.2) is 0 Å². The van der Waals surface area contributed by atoms with Crippen molar-refractivity contribution in [1.82, 2.24) is 0 Å². The molecule has 3 heteroatoms. The highest BCUT2D eigenvalue weighted by molar-refractivity contribution is 6.44. The van der Waals surface area contributed by atoms with Crippen molar-refractivity contribution in [3.8, 4) is 0 Å². The van der Waals surface area contributed by atoms with Gasteiger partial charge in [-0.1, -0.05) is 19.3 Å². The van der Waals surface area contributed by atoms with E-state index in [4.69, 9.17) is 27.9 Å². The van der Waals surface area contributed by atoms with E-state index in [1.54, 1.807) is 0 Å². The van der Waals surface area contributed by atoms with Crippen LogP contribution in [0, 0.1) is 0 Å². The maximum absolute atomic E-state index is 5.60. The van der Waals surface area contributed by atoms with Crippen LogP contribution in [0.4, 0.5) is 0 Å². The molecule has 1 rings (SSSR count). The molecular weight excluding hydrogens is 195 g/mol. The molecule has 1 fully saturated rings. The fraction of sp³-hybridized carbons (Fsp3) is 1.00. The van der Waals surface area contributed by atoms with Gasteiger partial charge in [0.25, 0.3) is 0 Å². The second kappa shape index (κ2) is 6.06. The minimum atomic E-state index is -0.176. The van der Waals surface area contributed by atoms with Crippen LogP contribution >= 0.6 is 23.2 Å². The molecule has 0 N–H and O–H groups in total. The summed E-state index contributed by atoms with van der Waals surface area (Å²) in [6.45, 7) is 0.968. The van der Waals surface area contributed by atoms with Gasteiger partial charge in [0.2, 0.25) is 0 Å². The molecule has 0 aromatic heterocycles. The van der Waals surface area contributed by atoms with Crippen molar-refractivity contribution in [3.63, 3.8) is 0 Å². The van der Waals surface area contributed by atoms with E-state index in [0.29, 0.717) is 6.10 Å². The van der Waals surface area contributed by atoms with Gasteiger partial charge in [-0.3, -0.25) is 0 Å². The highest BCUT2D eigenvalue weighted by Crippen LogP contribution is 2.19. The lowest BCUT2D eigenvalue weighted by molar-refractivity contribution is -0.0555. The minimum absolute atomic E-state index is 0.176. The number of hydrogen-bond acceptors (Lipinski definition) is 1. The van der Waals surface area contributed by atoms with Gasteiger partial charge in [0.05, 0.1) is 6.10 Å². The smallest absolute Gasteiger partial charge is 0.107 e. The fourth-order valence-electron chi connectivity index (χ4n) is 1.36. The first kappa shape index (κ1) is 10.6. The predicted molar refractivity (Wildman–Crippen MR) is 52.9 cm³/mol. The third-order valence-electron chi connectivity index (χ3n) is 2.24. The lowest BCUT2D eigenvalue weighted by Crippen LogP contribution is -2.26. The third kappa shape index (κ3) is 4.54. The Hall–Kier alpha value is 0.540. The topological polar surface area (TPSA) is 9.23 Å². The summed E-state index contributed by atoms with van der Waals surface area (Å²) < 4.78 is 5.31. The molecule has 1 atom stereocenters. The normalized spacial score (nSPS) is 22.8. The van der Waals surface area contributed by atoms with Crippen LogP contribution in [0.5, 0.6) is 0 Å². The molecule has 1 saturated heterocycles. The summed E-state index contributed by atoms with van der Waals surface area (Å²) in [7, 11) is 0. The highest BCUT2D eigenvalue weighted by Gasteiger charge is 2.16. The fourth-order valence-corrected chi connectivity index (χ4v) is 1.67. The maximum Gasteiger partial charge on any atom is 0.107 e. The van der Waals surface area contributed by atoms with Gasteiger partial charge in [-0.2, -0.15) is 0 Å². The zero-order chi connectivity index (χ0) is 8.81. The summed E-state index contributed by atoms with van der Waals surface area (Å²) in [4.78, 5) is -0.176. The Bertz CT molecular complexity index is 113. The van der Waals surface area contributed by atoms with Crippen molar-refractivity contribution in [2.75, 3.05) is 6.61 Å². The first-order chi connectivity index (χ1) is 5.79. The minimum Gasteiger partial charge on any atom is -0.378 e. The molecule has 0 amide bonds. The Morgan fingerprint density at radius 3 is 2.50 bits per heavy atom. The van der Waals surface area contributed by atoms with Crippen LogP contribution in [0.3, 0.4) is 0 Å². The molecule has 1 aliphatic rings. The van der Waals surface area contributed by atoms with Crippen LogP contribution in [0.25, 0.3) is 0 Å². The monoisotopic (exact) mass is 210 g/mol. The number of ether oxygens (including phenoxy) is 1. The molecule has 1 unspecified atom stereocenters. The number of alkyl halides is 2. The maximum atomic E-state index is 5.60. The molecule has 0 aromatic rings. The lowest BCUT2D eigenvalue weighted by Gasteiger charge is -2.26. The van der Waals surface area contributed by atoms with E-state index in [0.717, 1.165) is 19.4 Å². The molecule has 0 aromatic carbocycles. The van der Waals surface area contributed by atoms with Gasteiger partial charge < -0.3 is 4.74 Å². The molecule has 12 heavy (non-hydrogen) atoms. The number of halogens is 2. The lowest BCUT2D eigenvalue weighted by atomic mass is 10.0. The van der Waals surface area contributed by atoms with Gasteiger partial charge in [0, 0.05) is 6.61 Å². The molecular formula is C9H16Cl2O. The van der Waals surface area contributed by atoms with E-state index in [-0.39, 0.29) is 4.84 Å². The molecule has 0 bridgehead atoms. The zero-order valence-corrected chi connectivity index (χ0v) is 8.78. The Labute approximate surface area is 84.4 Å². The highest BCUT2D eigenvalue weighted by atomic mass is 35.5. The van der Waals surface area contributed by atoms with E-state index in [1.165, 1.54) is 25.7 Å². The summed E-state index contributed by atoms with van der Waals surface area (Å²) in [5.74, 6) is 0. The summed E-state index contributed by atoms with van der Waals surface area (Å²) in [5, 5.41) is 0. The third-order valence-corrected chi connectivity index (χ3v) is 2.68. The van der Waals surface area contributed by atoms with Gasteiger partial charge in [0.15, 0.2) is 0 Å². The van der Waals surface area contributed by atoms with Crippen LogP contribution in [-0.4, -0.2) is 17.5 Å². The second-order valence-electron chi connectivity index (χ2n) is 3.31. The quantitative estimate of drug-likeness (QED) is 0.482. The molecule has 1 nitrogen and oxygen atoms in total. The van der Waals surface area contributed by atoms with Crippen LogP contribution < -0.4 is 0 Å². The summed E-state index contributed by atoms with van der Waals surface area (Å²) in [6.07, 6.45) is 7.59. The van der Waals surface area contributed by atoms with Crippen molar-refractivity contribution in [2.24, 2.45) is 0 Å². The standard InChI is InChI=1S/C9H16Cl2O/c10-9(11)5-3-1-2-4-8-6-7-12-8/h8-9H,1-7H2. The summed E-state index contributed by atoms with van der Waals surface area (Å²) >= 11 is 11.2. The Morgan fingerprint density at radius 1 is 1.25 bits per heavy atom. The number of rotatable bonds is 6. The number of hydrogen-bond donors (Lipinski definition) is 0. The molecule has 0 radical (unpaired) electrons. The summed E-state index contributed by atoms with van der Waals surface area (Å²) in [5.41, 5.74) is 0. The van der Waals surface area contributed by atoms with Gasteiger partial charge in [-0.15, -0.1) is 23.2 Å². The molecule has 1 aliphatic heterocycles. The van der Waals surface area contributed by atoms with E-state index >= 15 is 0 Å². The number of unbranched alkanes of at least 4 members (excludes halogenated alkanes) is 2. The summed E-state index contributed by atoms with van der Waals surface area (Å²) in [6, 6.07) is 0. The van der Waals surface area contributed by atoms with E-state index in [9.17, 15) is 0 Å². The van der Waals surface area contributed by atoms with Gasteiger partial charge in [0.1, 0.15) is 4.84 Å². The predicted octanol–water partition coefficient (Wildman–Crippen LogP) is 3.53. The van der Waals surface area contributed by atoms with Gasteiger partial charge in [-0.05, 0) is 19.3 Å².